The molecule has 1 aliphatic heterocycles. The fourth-order valence-electron chi connectivity index (χ4n) is 4.04. The number of hydrogen-bond donors (Lipinski definition) is 0. The van der Waals surface area contributed by atoms with Crippen LogP contribution in [0.4, 0.5) is 0 Å². The van der Waals surface area contributed by atoms with Gasteiger partial charge in [-0.2, -0.15) is 0 Å². The maximum atomic E-state index is 13.2. The second kappa shape index (κ2) is 9.78. The highest BCUT2D eigenvalue weighted by atomic mass is 32.2. The van der Waals surface area contributed by atoms with Crippen LogP contribution in [0.15, 0.2) is 59.4 Å². The summed E-state index contributed by atoms with van der Waals surface area (Å²) in [5.41, 5.74) is 5.96. The van der Waals surface area contributed by atoms with Crippen LogP contribution in [0, 0.1) is 33.6 Å². The van der Waals surface area contributed by atoms with E-state index < -0.39 is 0 Å². The molecule has 0 bridgehead atoms. The van der Waals surface area contributed by atoms with Crippen LogP contribution in [-0.4, -0.2) is 17.8 Å². The molecule has 0 radical (unpaired) electrons. The number of ether oxygens (including phenoxy) is 2. The number of thioether (sulfide) groups is 1. The van der Waals surface area contributed by atoms with E-state index in [9.17, 15) is 4.79 Å². The molecule has 4 heteroatoms. The van der Waals surface area contributed by atoms with Crippen molar-refractivity contribution in [2.45, 2.75) is 59.0 Å². The quantitative estimate of drug-likeness (QED) is 0.268. The van der Waals surface area contributed by atoms with Crippen LogP contribution in [0.1, 0.15) is 48.1 Å². The molecule has 3 rings (SSSR count). The maximum absolute atomic E-state index is 13.2. The Hall–Kier alpha value is -2.46. The average Bonchev–Trinajstić information content (AvgIpc) is 2.68. The Labute approximate surface area is 190 Å². The number of carbonyl (C=O) groups excluding carboxylic acids is 1. The summed E-state index contributed by atoms with van der Waals surface area (Å²) in [5, 5.41) is 0. The van der Waals surface area contributed by atoms with Crippen molar-refractivity contribution < 1.29 is 14.3 Å². The van der Waals surface area contributed by atoms with E-state index >= 15 is 0 Å². The summed E-state index contributed by atoms with van der Waals surface area (Å²) in [4.78, 5) is 14.4. The molecule has 1 aliphatic rings. The van der Waals surface area contributed by atoms with E-state index in [-0.39, 0.29) is 18.0 Å². The molecule has 0 spiro atoms. The van der Waals surface area contributed by atoms with Crippen molar-refractivity contribution in [1.82, 2.24) is 0 Å². The summed E-state index contributed by atoms with van der Waals surface area (Å²) in [6.45, 7) is 16.0. The van der Waals surface area contributed by atoms with Crippen molar-refractivity contribution in [2.24, 2.45) is 5.92 Å². The number of rotatable bonds is 7. The van der Waals surface area contributed by atoms with Crippen LogP contribution >= 0.6 is 11.8 Å². The third-order valence-electron chi connectivity index (χ3n) is 5.52. The minimum atomic E-state index is -0.310. The van der Waals surface area contributed by atoms with E-state index in [1.54, 1.807) is 11.8 Å². The molecule has 3 nitrogen and oxygen atoms in total. The number of aryl methyl sites for hydroxylation is 4. The molecule has 0 saturated carbocycles. The van der Waals surface area contributed by atoms with Crippen LogP contribution in [0.25, 0.3) is 5.57 Å². The summed E-state index contributed by atoms with van der Waals surface area (Å²) in [7, 11) is 0. The highest BCUT2D eigenvalue weighted by Gasteiger charge is 2.35. The Morgan fingerprint density at radius 2 is 1.74 bits per heavy atom. The number of allylic oxidation sites excluding steroid dienone is 1. The molecule has 2 atom stereocenters. The van der Waals surface area contributed by atoms with Crippen molar-refractivity contribution in [2.75, 3.05) is 5.75 Å². The van der Waals surface area contributed by atoms with Crippen molar-refractivity contribution in [3.05, 3.63) is 82.3 Å². The SMILES string of the molecule is C=C(C)OC1=C(c2c(C)cc(C)cc2C)C(=O)OC(C(C)CSc2ccc(C)cc2)C1. The Bertz CT molecular complexity index is 994. The topological polar surface area (TPSA) is 35.5 Å². The summed E-state index contributed by atoms with van der Waals surface area (Å²) in [6, 6.07) is 12.7. The smallest absolute Gasteiger partial charge is 0.342 e. The Kier molecular flexibility index (Phi) is 7.32. The van der Waals surface area contributed by atoms with Gasteiger partial charge in [0.25, 0.3) is 0 Å². The third kappa shape index (κ3) is 5.62. The van der Waals surface area contributed by atoms with Gasteiger partial charge in [0.15, 0.2) is 0 Å². The average molecular weight is 437 g/mol. The number of carbonyl (C=O) groups is 1. The van der Waals surface area contributed by atoms with Gasteiger partial charge in [-0.15, -0.1) is 11.8 Å². The lowest BCUT2D eigenvalue weighted by Crippen LogP contribution is -2.33. The lowest BCUT2D eigenvalue weighted by atomic mass is 9.89. The van der Waals surface area contributed by atoms with E-state index in [0.717, 1.165) is 22.4 Å². The summed E-state index contributed by atoms with van der Waals surface area (Å²) >= 11 is 1.79. The lowest BCUT2D eigenvalue weighted by molar-refractivity contribution is -0.145. The molecule has 31 heavy (non-hydrogen) atoms. The van der Waals surface area contributed by atoms with Crippen LogP contribution in [0.5, 0.6) is 0 Å². The standard InChI is InChI=1S/C27H32O3S/c1-16(2)29-24-14-23(21(7)15-31-22-10-8-17(3)9-11-22)30-27(28)26(24)25-19(5)12-18(4)13-20(25)6/h8-13,21,23H,1,14-15H2,2-7H3. The van der Waals surface area contributed by atoms with Crippen LogP contribution < -0.4 is 0 Å². The molecule has 0 N–H and O–H groups in total. The minimum absolute atomic E-state index is 0.181. The fraction of sp³-hybridized carbons (Fsp3) is 0.370. The normalized spacial score (nSPS) is 17.4. The minimum Gasteiger partial charge on any atom is -0.466 e. The first-order valence-corrected chi connectivity index (χ1v) is 11.7. The van der Waals surface area contributed by atoms with Gasteiger partial charge in [-0.05, 0) is 63.4 Å². The molecule has 0 amide bonds. The summed E-state index contributed by atoms with van der Waals surface area (Å²) in [6.07, 6.45) is 0.325. The van der Waals surface area contributed by atoms with Crippen molar-refractivity contribution in [3.8, 4) is 0 Å². The van der Waals surface area contributed by atoms with Crippen molar-refractivity contribution in [1.29, 1.82) is 0 Å². The zero-order valence-electron chi connectivity index (χ0n) is 19.4. The van der Waals surface area contributed by atoms with Gasteiger partial charge >= 0.3 is 5.97 Å². The predicted molar refractivity (Wildman–Crippen MR) is 129 cm³/mol. The van der Waals surface area contributed by atoms with Crippen molar-refractivity contribution >= 4 is 23.3 Å². The maximum Gasteiger partial charge on any atom is 0.342 e. The van der Waals surface area contributed by atoms with Gasteiger partial charge in [-0.3, -0.25) is 0 Å². The molecule has 164 valence electrons. The molecular weight excluding hydrogens is 404 g/mol. The molecule has 2 aromatic carbocycles. The van der Waals surface area contributed by atoms with E-state index in [1.807, 2.05) is 20.8 Å². The third-order valence-corrected chi connectivity index (χ3v) is 6.82. The molecule has 2 unspecified atom stereocenters. The molecule has 2 aromatic rings. The van der Waals surface area contributed by atoms with E-state index in [4.69, 9.17) is 9.47 Å². The molecule has 0 fully saturated rings. The monoisotopic (exact) mass is 436 g/mol. The predicted octanol–water partition coefficient (Wildman–Crippen LogP) is 6.93. The van der Waals surface area contributed by atoms with Gasteiger partial charge < -0.3 is 9.47 Å². The number of benzene rings is 2. The molecule has 0 aliphatic carbocycles. The fourth-order valence-corrected chi connectivity index (χ4v) is 5.04. The number of esters is 1. The lowest BCUT2D eigenvalue weighted by Gasteiger charge is -2.31. The molecule has 1 heterocycles. The Morgan fingerprint density at radius 1 is 1.13 bits per heavy atom. The van der Waals surface area contributed by atoms with E-state index in [0.29, 0.717) is 23.5 Å². The zero-order valence-corrected chi connectivity index (χ0v) is 20.2. The van der Waals surface area contributed by atoms with Gasteiger partial charge in [0, 0.05) is 23.0 Å². The van der Waals surface area contributed by atoms with Gasteiger partial charge in [-0.25, -0.2) is 4.79 Å². The molecule has 0 saturated heterocycles. The largest absolute Gasteiger partial charge is 0.466 e. The summed E-state index contributed by atoms with van der Waals surface area (Å²) < 4.78 is 12.0. The first-order chi connectivity index (χ1) is 14.7. The summed E-state index contributed by atoms with van der Waals surface area (Å²) in [5.74, 6) is 1.97. The number of cyclic esters (lactones) is 1. The second-order valence-corrected chi connectivity index (χ2v) is 9.72. The van der Waals surface area contributed by atoms with Crippen LogP contribution in [0.3, 0.4) is 0 Å². The van der Waals surface area contributed by atoms with Crippen LogP contribution in [-0.2, 0) is 14.3 Å². The van der Waals surface area contributed by atoms with E-state index in [1.165, 1.54) is 16.0 Å². The Balaban J connectivity index is 1.86. The van der Waals surface area contributed by atoms with Gasteiger partial charge in [0.05, 0.1) is 5.76 Å². The highest BCUT2D eigenvalue weighted by molar-refractivity contribution is 7.99. The van der Waals surface area contributed by atoms with E-state index in [2.05, 4.69) is 63.7 Å². The highest BCUT2D eigenvalue weighted by Crippen LogP contribution is 2.37. The van der Waals surface area contributed by atoms with Crippen LogP contribution in [0.2, 0.25) is 0 Å². The molecular formula is C27H32O3S. The second-order valence-electron chi connectivity index (χ2n) is 8.63. The molecule has 0 aromatic heterocycles. The van der Waals surface area contributed by atoms with Gasteiger partial charge in [0.2, 0.25) is 0 Å². The van der Waals surface area contributed by atoms with Crippen molar-refractivity contribution in [3.63, 3.8) is 0 Å². The first kappa shape index (κ1) is 23.2. The van der Waals surface area contributed by atoms with Gasteiger partial charge in [0.1, 0.15) is 17.4 Å². The number of hydrogen-bond acceptors (Lipinski definition) is 4. The van der Waals surface area contributed by atoms with Gasteiger partial charge in [-0.1, -0.05) is 48.9 Å². The zero-order chi connectivity index (χ0) is 22.7. The Morgan fingerprint density at radius 3 is 2.32 bits per heavy atom. The first-order valence-electron chi connectivity index (χ1n) is 10.7.